The number of alkyl halides is 1. The van der Waals surface area contributed by atoms with E-state index in [0.29, 0.717) is 11.5 Å². The van der Waals surface area contributed by atoms with Crippen LogP contribution in [0.15, 0.2) is 0 Å². The average Bonchev–Trinajstić information content (AvgIpc) is 2.71. The first kappa shape index (κ1) is 11.7. The molecule has 0 aromatic heterocycles. The number of rotatable bonds is 4. The molecule has 2 atom stereocenters. The van der Waals surface area contributed by atoms with Gasteiger partial charge in [-0.15, -0.1) is 11.6 Å². The van der Waals surface area contributed by atoms with Gasteiger partial charge in [-0.3, -0.25) is 0 Å². The highest BCUT2D eigenvalue weighted by molar-refractivity contribution is 6.20. The summed E-state index contributed by atoms with van der Waals surface area (Å²) in [5.41, 5.74) is 0. The van der Waals surface area contributed by atoms with E-state index in [9.17, 15) is 0 Å². The van der Waals surface area contributed by atoms with Gasteiger partial charge in [0.05, 0.1) is 6.10 Å². The smallest absolute Gasteiger partial charge is 0.0576 e. The van der Waals surface area contributed by atoms with E-state index in [2.05, 4.69) is 4.90 Å². The van der Waals surface area contributed by atoms with Crippen molar-refractivity contribution in [3.63, 3.8) is 0 Å². The van der Waals surface area contributed by atoms with Gasteiger partial charge in [0.2, 0.25) is 0 Å². The van der Waals surface area contributed by atoms with Crippen molar-refractivity contribution in [1.29, 1.82) is 0 Å². The van der Waals surface area contributed by atoms with Gasteiger partial charge < -0.3 is 9.64 Å². The van der Waals surface area contributed by atoms with E-state index in [4.69, 9.17) is 16.3 Å². The number of likely N-dealkylation sites (tertiary alicyclic amines) is 1. The van der Waals surface area contributed by atoms with Crippen molar-refractivity contribution >= 4 is 11.6 Å². The first-order chi connectivity index (χ1) is 7.34. The molecule has 0 N–H and O–H groups in total. The zero-order valence-electron chi connectivity index (χ0n) is 9.46. The van der Waals surface area contributed by atoms with Gasteiger partial charge in [-0.1, -0.05) is 0 Å². The number of nitrogens with zero attached hydrogens (tertiary/aromatic N) is 1. The predicted molar refractivity (Wildman–Crippen MR) is 63.5 cm³/mol. The van der Waals surface area contributed by atoms with Crippen LogP contribution in [0.2, 0.25) is 0 Å². The molecule has 0 saturated carbocycles. The second kappa shape index (κ2) is 6.07. The number of halogens is 1. The van der Waals surface area contributed by atoms with Crippen LogP contribution >= 0.6 is 11.6 Å². The lowest BCUT2D eigenvalue weighted by molar-refractivity contribution is 0.0977. The van der Waals surface area contributed by atoms with Crippen molar-refractivity contribution in [1.82, 2.24) is 4.90 Å². The molecule has 0 spiro atoms. The molecular formula is C12H22ClNO. The molecule has 15 heavy (non-hydrogen) atoms. The Kier molecular flexibility index (Phi) is 4.73. The maximum absolute atomic E-state index is 6.15. The van der Waals surface area contributed by atoms with Crippen LogP contribution in [-0.4, -0.2) is 42.6 Å². The third-order valence-corrected chi connectivity index (χ3v) is 3.83. The number of ether oxygens (including phenoxy) is 1. The lowest BCUT2D eigenvalue weighted by atomic mass is 10.1. The molecule has 0 bridgehead atoms. The van der Waals surface area contributed by atoms with E-state index in [1.165, 1.54) is 51.6 Å². The van der Waals surface area contributed by atoms with Crippen LogP contribution < -0.4 is 0 Å². The summed E-state index contributed by atoms with van der Waals surface area (Å²) in [7, 11) is 0. The van der Waals surface area contributed by atoms with E-state index in [0.717, 1.165) is 13.2 Å². The largest absolute Gasteiger partial charge is 0.378 e. The summed E-state index contributed by atoms with van der Waals surface area (Å²) in [4.78, 5) is 2.51. The van der Waals surface area contributed by atoms with E-state index in [-0.39, 0.29) is 0 Å². The maximum atomic E-state index is 6.15. The summed E-state index contributed by atoms with van der Waals surface area (Å²) in [6.45, 7) is 4.53. The van der Waals surface area contributed by atoms with Crippen LogP contribution in [0.1, 0.15) is 38.5 Å². The molecule has 2 heterocycles. The van der Waals surface area contributed by atoms with Gasteiger partial charge in [0.25, 0.3) is 0 Å². The zero-order chi connectivity index (χ0) is 10.5. The summed E-state index contributed by atoms with van der Waals surface area (Å²) >= 11 is 6.15. The Morgan fingerprint density at radius 3 is 2.93 bits per heavy atom. The molecule has 2 aliphatic rings. The molecule has 0 aromatic carbocycles. The van der Waals surface area contributed by atoms with E-state index in [1.807, 2.05) is 0 Å². The molecule has 0 aliphatic carbocycles. The van der Waals surface area contributed by atoms with Gasteiger partial charge in [-0.2, -0.15) is 0 Å². The average molecular weight is 232 g/mol. The summed E-state index contributed by atoms with van der Waals surface area (Å²) in [5.74, 6) is 0. The van der Waals surface area contributed by atoms with E-state index in [1.54, 1.807) is 0 Å². The van der Waals surface area contributed by atoms with Gasteiger partial charge >= 0.3 is 0 Å². The highest BCUT2D eigenvalue weighted by atomic mass is 35.5. The fourth-order valence-electron chi connectivity index (χ4n) is 2.62. The molecule has 2 rings (SSSR count). The quantitative estimate of drug-likeness (QED) is 0.690. The third kappa shape index (κ3) is 3.93. The van der Waals surface area contributed by atoms with Crippen LogP contribution in [0.25, 0.3) is 0 Å². The van der Waals surface area contributed by atoms with Gasteiger partial charge in [-0.05, 0) is 51.6 Å². The second-order valence-corrected chi connectivity index (χ2v) is 5.43. The van der Waals surface area contributed by atoms with Crippen molar-refractivity contribution in [2.45, 2.75) is 50.0 Å². The third-order valence-electron chi connectivity index (χ3n) is 3.47. The fraction of sp³-hybridized carbons (Fsp3) is 1.00. The van der Waals surface area contributed by atoms with Crippen molar-refractivity contribution in [2.75, 3.05) is 26.2 Å². The molecule has 0 radical (unpaired) electrons. The highest BCUT2D eigenvalue weighted by Gasteiger charge is 2.19. The Morgan fingerprint density at radius 2 is 2.20 bits per heavy atom. The Morgan fingerprint density at radius 1 is 1.27 bits per heavy atom. The van der Waals surface area contributed by atoms with Crippen LogP contribution in [0.4, 0.5) is 0 Å². The van der Waals surface area contributed by atoms with Crippen LogP contribution in [-0.2, 0) is 4.74 Å². The van der Waals surface area contributed by atoms with Gasteiger partial charge in [0, 0.05) is 18.5 Å². The van der Waals surface area contributed by atoms with Gasteiger partial charge in [0.1, 0.15) is 0 Å². The maximum Gasteiger partial charge on any atom is 0.0576 e. The summed E-state index contributed by atoms with van der Waals surface area (Å²) in [6.07, 6.45) is 8.08. The zero-order valence-corrected chi connectivity index (χ0v) is 10.2. The lowest BCUT2D eigenvalue weighted by Crippen LogP contribution is -2.36. The Labute approximate surface area is 97.9 Å². The summed E-state index contributed by atoms with van der Waals surface area (Å²) in [6, 6.07) is 0. The topological polar surface area (TPSA) is 12.5 Å². The number of piperidine rings is 1. The van der Waals surface area contributed by atoms with Crippen LogP contribution in [0.3, 0.4) is 0 Å². The molecule has 88 valence electrons. The number of hydrogen-bond donors (Lipinski definition) is 0. The minimum absolute atomic E-state index is 0.390. The predicted octanol–water partition coefficient (Wildman–Crippen LogP) is 2.65. The van der Waals surface area contributed by atoms with Crippen molar-refractivity contribution in [2.24, 2.45) is 0 Å². The molecule has 0 aromatic rings. The fourth-order valence-corrected chi connectivity index (χ4v) is 2.97. The minimum Gasteiger partial charge on any atom is -0.378 e. The minimum atomic E-state index is 0.390. The highest BCUT2D eigenvalue weighted by Crippen LogP contribution is 2.19. The molecule has 2 fully saturated rings. The SMILES string of the molecule is ClC1CCCN(CCCC2CCCO2)C1. The van der Waals surface area contributed by atoms with Gasteiger partial charge in [0.15, 0.2) is 0 Å². The molecule has 2 aliphatic heterocycles. The Bertz CT molecular complexity index is 182. The summed E-state index contributed by atoms with van der Waals surface area (Å²) < 4.78 is 5.62. The lowest BCUT2D eigenvalue weighted by Gasteiger charge is -2.29. The monoisotopic (exact) mass is 231 g/mol. The normalized spacial score (nSPS) is 33.4. The Balaban J connectivity index is 1.56. The summed E-state index contributed by atoms with van der Waals surface area (Å²) in [5, 5.41) is 0.390. The molecule has 2 unspecified atom stereocenters. The van der Waals surface area contributed by atoms with Crippen LogP contribution in [0, 0.1) is 0 Å². The second-order valence-electron chi connectivity index (χ2n) is 4.82. The number of hydrogen-bond acceptors (Lipinski definition) is 2. The van der Waals surface area contributed by atoms with Crippen molar-refractivity contribution in [3.05, 3.63) is 0 Å². The van der Waals surface area contributed by atoms with E-state index < -0.39 is 0 Å². The molecule has 3 heteroatoms. The molecule has 2 nitrogen and oxygen atoms in total. The first-order valence-corrected chi connectivity index (χ1v) is 6.76. The molecule has 2 saturated heterocycles. The molecular weight excluding hydrogens is 210 g/mol. The van der Waals surface area contributed by atoms with Crippen molar-refractivity contribution < 1.29 is 4.74 Å². The van der Waals surface area contributed by atoms with Gasteiger partial charge in [-0.25, -0.2) is 0 Å². The Hall–Kier alpha value is 0.210. The van der Waals surface area contributed by atoms with Crippen LogP contribution in [0.5, 0.6) is 0 Å². The molecule has 0 amide bonds. The standard InChI is InChI=1S/C12H22ClNO/c13-11-4-1-7-14(10-11)8-2-5-12-6-3-9-15-12/h11-12H,1-10H2. The first-order valence-electron chi connectivity index (χ1n) is 6.32. The van der Waals surface area contributed by atoms with Crippen molar-refractivity contribution in [3.8, 4) is 0 Å². The van der Waals surface area contributed by atoms with E-state index >= 15 is 0 Å².